The predicted octanol–water partition coefficient (Wildman–Crippen LogP) is 3.62. The van der Waals surface area contributed by atoms with E-state index in [2.05, 4.69) is 30.9 Å². The van der Waals surface area contributed by atoms with E-state index in [0.717, 1.165) is 6.42 Å². The summed E-state index contributed by atoms with van der Waals surface area (Å²) in [5.41, 5.74) is 0.738. The van der Waals surface area contributed by atoms with Gasteiger partial charge in [0.15, 0.2) is 0 Å². The summed E-state index contributed by atoms with van der Waals surface area (Å²) in [6.07, 6.45) is 0.764. The van der Waals surface area contributed by atoms with E-state index in [4.69, 9.17) is 5.26 Å². The molecular formula is C13H20O2. The Morgan fingerprint density at radius 2 is 1.60 bits per heavy atom. The average molecular weight is 208 g/mol. The van der Waals surface area contributed by atoms with Gasteiger partial charge < -0.3 is 0 Å². The molecule has 0 saturated heterocycles. The second-order valence-corrected chi connectivity index (χ2v) is 5.28. The molecule has 15 heavy (non-hydrogen) atoms. The first kappa shape index (κ1) is 12.2. The van der Waals surface area contributed by atoms with Crippen molar-refractivity contribution in [2.45, 2.75) is 45.1 Å². The molecule has 0 unspecified atom stereocenters. The Kier molecular flexibility index (Phi) is 3.53. The highest BCUT2D eigenvalue weighted by Crippen LogP contribution is 2.33. The third-order valence-corrected chi connectivity index (χ3v) is 2.67. The van der Waals surface area contributed by atoms with Crippen LogP contribution in [0, 0.1) is 0 Å². The quantitative estimate of drug-likeness (QED) is 0.605. The molecule has 1 rings (SSSR count). The largest absolute Gasteiger partial charge is 0.251 e. The van der Waals surface area contributed by atoms with Gasteiger partial charge in [-0.25, -0.2) is 4.89 Å². The molecule has 0 heterocycles. The third-order valence-electron chi connectivity index (χ3n) is 2.67. The molecule has 0 saturated carbocycles. The van der Waals surface area contributed by atoms with Crippen LogP contribution in [-0.4, -0.2) is 10.9 Å². The molecule has 2 nitrogen and oxygen atoms in total. The fraction of sp³-hybridized carbons (Fsp3) is 0.538. The van der Waals surface area contributed by atoms with Gasteiger partial charge in [0.05, 0.1) is 5.60 Å². The van der Waals surface area contributed by atoms with Gasteiger partial charge in [-0.15, -0.1) is 0 Å². The monoisotopic (exact) mass is 208 g/mol. The molecule has 0 aromatic heterocycles. The van der Waals surface area contributed by atoms with E-state index >= 15 is 0 Å². The highest BCUT2D eigenvalue weighted by atomic mass is 17.1. The van der Waals surface area contributed by atoms with E-state index in [0.29, 0.717) is 0 Å². The smallest absolute Gasteiger partial charge is 0.0985 e. The van der Waals surface area contributed by atoms with Gasteiger partial charge in [0.1, 0.15) is 0 Å². The molecule has 1 aromatic carbocycles. The summed E-state index contributed by atoms with van der Waals surface area (Å²) >= 11 is 0. The molecular weight excluding hydrogens is 188 g/mol. The molecule has 0 aliphatic heterocycles. The van der Waals surface area contributed by atoms with Crippen LogP contribution in [0.15, 0.2) is 30.3 Å². The maximum Gasteiger partial charge on any atom is 0.0985 e. The van der Waals surface area contributed by atoms with Crippen LogP contribution in [0.1, 0.15) is 39.7 Å². The minimum atomic E-state index is -0.515. The molecule has 0 bridgehead atoms. The number of hydrogen-bond acceptors (Lipinski definition) is 2. The molecule has 0 radical (unpaired) electrons. The van der Waals surface area contributed by atoms with E-state index in [1.54, 1.807) is 0 Å². The molecule has 0 aliphatic rings. The van der Waals surface area contributed by atoms with Crippen molar-refractivity contribution in [1.82, 2.24) is 0 Å². The first-order chi connectivity index (χ1) is 6.87. The standard InChI is InChI=1S/C13H20O2/c1-12(2,10-13(3,4)15-14)11-8-6-5-7-9-11/h5-9,14H,10H2,1-4H3. The summed E-state index contributed by atoms with van der Waals surface area (Å²) < 4.78 is 0. The number of benzene rings is 1. The van der Waals surface area contributed by atoms with Crippen molar-refractivity contribution in [3.63, 3.8) is 0 Å². The highest BCUT2D eigenvalue weighted by molar-refractivity contribution is 5.23. The summed E-state index contributed by atoms with van der Waals surface area (Å²) in [4.78, 5) is 4.50. The second-order valence-electron chi connectivity index (χ2n) is 5.28. The van der Waals surface area contributed by atoms with Crippen LogP contribution in [0.25, 0.3) is 0 Å². The molecule has 1 aromatic rings. The topological polar surface area (TPSA) is 29.5 Å². The Labute approximate surface area is 91.8 Å². The van der Waals surface area contributed by atoms with E-state index in [1.807, 2.05) is 32.0 Å². The van der Waals surface area contributed by atoms with Crippen LogP contribution >= 0.6 is 0 Å². The Morgan fingerprint density at radius 3 is 2.07 bits per heavy atom. The predicted molar refractivity (Wildman–Crippen MR) is 61.9 cm³/mol. The average Bonchev–Trinajstić information content (AvgIpc) is 2.18. The van der Waals surface area contributed by atoms with Crippen molar-refractivity contribution in [3.8, 4) is 0 Å². The van der Waals surface area contributed by atoms with Crippen LogP contribution < -0.4 is 0 Å². The lowest BCUT2D eigenvalue weighted by molar-refractivity contribution is -0.316. The zero-order valence-corrected chi connectivity index (χ0v) is 9.95. The van der Waals surface area contributed by atoms with Gasteiger partial charge in [0, 0.05) is 0 Å². The lowest BCUT2D eigenvalue weighted by Gasteiger charge is -2.33. The second kappa shape index (κ2) is 4.33. The van der Waals surface area contributed by atoms with Gasteiger partial charge in [0.25, 0.3) is 0 Å². The molecule has 0 fully saturated rings. The molecule has 0 spiro atoms. The van der Waals surface area contributed by atoms with Gasteiger partial charge in [-0.1, -0.05) is 44.2 Å². The Hall–Kier alpha value is -0.860. The molecule has 0 atom stereocenters. The Balaban J connectivity index is 2.85. The normalized spacial score (nSPS) is 12.9. The van der Waals surface area contributed by atoms with Crippen molar-refractivity contribution in [2.24, 2.45) is 0 Å². The molecule has 0 amide bonds. The van der Waals surface area contributed by atoms with Crippen LogP contribution in [0.2, 0.25) is 0 Å². The lowest BCUT2D eigenvalue weighted by atomic mass is 9.76. The molecule has 2 heteroatoms. The van der Waals surface area contributed by atoms with Crippen molar-refractivity contribution >= 4 is 0 Å². The maximum absolute atomic E-state index is 8.80. The van der Waals surface area contributed by atoms with Crippen LogP contribution in [0.3, 0.4) is 0 Å². The summed E-state index contributed by atoms with van der Waals surface area (Å²) in [5, 5.41) is 8.80. The van der Waals surface area contributed by atoms with Gasteiger partial charge in [0.2, 0.25) is 0 Å². The van der Waals surface area contributed by atoms with Crippen LogP contribution in [0.4, 0.5) is 0 Å². The first-order valence-electron chi connectivity index (χ1n) is 5.25. The minimum Gasteiger partial charge on any atom is -0.251 e. The minimum absolute atomic E-state index is 0.00646. The lowest BCUT2D eigenvalue weighted by Crippen LogP contribution is -2.33. The van der Waals surface area contributed by atoms with Crippen LogP contribution in [0.5, 0.6) is 0 Å². The SMILES string of the molecule is CC(C)(CC(C)(C)c1ccccc1)OO. The van der Waals surface area contributed by atoms with E-state index < -0.39 is 5.60 Å². The fourth-order valence-electron chi connectivity index (χ4n) is 2.09. The van der Waals surface area contributed by atoms with Crippen molar-refractivity contribution < 1.29 is 10.1 Å². The van der Waals surface area contributed by atoms with E-state index in [9.17, 15) is 0 Å². The van der Waals surface area contributed by atoms with Gasteiger partial charge in [-0.05, 0) is 31.2 Å². The summed E-state index contributed by atoms with van der Waals surface area (Å²) in [7, 11) is 0. The number of hydrogen-bond donors (Lipinski definition) is 1. The van der Waals surface area contributed by atoms with Crippen molar-refractivity contribution in [3.05, 3.63) is 35.9 Å². The maximum atomic E-state index is 8.80. The van der Waals surface area contributed by atoms with Gasteiger partial charge in [-0.3, -0.25) is 5.26 Å². The Morgan fingerprint density at radius 1 is 1.07 bits per heavy atom. The summed E-state index contributed by atoms with van der Waals surface area (Å²) in [6.45, 7) is 8.08. The number of rotatable bonds is 4. The van der Waals surface area contributed by atoms with Crippen LogP contribution in [-0.2, 0) is 10.3 Å². The van der Waals surface area contributed by atoms with E-state index in [1.165, 1.54) is 5.56 Å². The van der Waals surface area contributed by atoms with Crippen molar-refractivity contribution in [2.75, 3.05) is 0 Å². The third kappa shape index (κ3) is 3.33. The Bertz CT molecular complexity index is 302. The van der Waals surface area contributed by atoms with Gasteiger partial charge in [-0.2, -0.15) is 0 Å². The summed E-state index contributed by atoms with van der Waals surface area (Å²) in [6, 6.07) is 10.3. The van der Waals surface area contributed by atoms with Gasteiger partial charge >= 0.3 is 0 Å². The zero-order chi connectivity index (χ0) is 11.5. The molecule has 84 valence electrons. The first-order valence-corrected chi connectivity index (χ1v) is 5.25. The molecule has 1 N–H and O–H groups in total. The molecule has 0 aliphatic carbocycles. The van der Waals surface area contributed by atoms with E-state index in [-0.39, 0.29) is 5.41 Å². The summed E-state index contributed by atoms with van der Waals surface area (Å²) in [5.74, 6) is 0. The van der Waals surface area contributed by atoms with Crippen molar-refractivity contribution in [1.29, 1.82) is 0 Å². The zero-order valence-electron chi connectivity index (χ0n) is 9.95. The fourth-order valence-corrected chi connectivity index (χ4v) is 2.09. The highest BCUT2D eigenvalue weighted by Gasteiger charge is 2.31.